The molecule has 2 amide bonds. The molecule has 0 spiro atoms. The maximum Gasteiger partial charge on any atom is 0.264 e. The normalized spacial score (nSPS) is 12.0. The van der Waals surface area contributed by atoms with Gasteiger partial charge in [-0.3, -0.25) is 13.9 Å². The molecule has 3 aromatic carbocycles. The molecule has 0 aromatic heterocycles. The third-order valence-corrected chi connectivity index (χ3v) is 8.90. The second-order valence-electron chi connectivity index (χ2n) is 8.98. The van der Waals surface area contributed by atoms with Crippen molar-refractivity contribution in [2.45, 2.75) is 38.3 Å². The first-order valence-corrected chi connectivity index (χ1v) is 14.9. The number of rotatable bonds is 11. The number of aryl methyl sites for hydroxylation is 1. The van der Waals surface area contributed by atoms with Crippen LogP contribution in [0.3, 0.4) is 0 Å². The number of amides is 2. The third kappa shape index (κ3) is 7.40. The van der Waals surface area contributed by atoms with E-state index >= 15 is 0 Å². The summed E-state index contributed by atoms with van der Waals surface area (Å²) in [5.41, 5.74) is 1.54. The summed E-state index contributed by atoms with van der Waals surface area (Å²) in [7, 11) is -2.89. The van der Waals surface area contributed by atoms with Gasteiger partial charge in [-0.1, -0.05) is 58.6 Å². The minimum Gasteiger partial charge on any atom is -0.495 e. The van der Waals surface area contributed by atoms with Gasteiger partial charge in [-0.05, 0) is 68.8 Å². The van der Waals surface area contributed by atoms with Crippen LogP contribution in [-0.2, 0) is 26.2 Å². The predicted molar refractivity (Wildman–Crippen MR) is 159 cm³/mol. The number of halogens is 3. The fraction of sp³-hybridized carbons (Fsp3) is 0.286. The monoisotopic (exact) mass is 625 g/mol. The Kier molecular flexibility index (Phi) is 10.7. The molecule has 1 N–H and O–H groups in total. The molecular weight excluding hydrogens is 597 g/mol. The Morgan fingerprint density at radius 1 is 0.975 bits per heavy atom. The zero-order chi connectivity index (χ0) is 29.6. The van der Waals surface area contributed by atoms with E-state index < -0.39 is 34.4 Å². The summed E-state index contributed by atoms with van der Waals surface area (Å²) in [5, 5.41) is 3.57. The molecule has 0 aliphatic carbocycles. The highest BCUT2D eigenvalue weighted by Gasteiger charge is 2.34. The summed E-state index contributed by atoms with van der Waals surface area (Å²) in [4.78, 5) is 28.1. The largest absolute Gasteiger partial charge is 0.495 e. The van der Waals surface area contributed by atoms with Crippen LogP contribution in [0, 0.1) is 6.92 Å². The molecule has 0 bridgehead atoms. The van der Waals surface area contributed by atoms with Crippen LogP contribution < -0.4 is 14.4 Å². The molecule has 3 rings (SSSR count). The average Bonchev–Trinajstić information content (AvgIpc) is 2.92. The number of anilines is 1. The lowest BCUT2D eigenvalue weighted by atomic mass is 10.1. The van der Waals surface area contributed by atoms with Gasteiger partial charge in [-0.2, -0.15) is 0 Å². The van der Waals surface area contributed by atoms with E-state index in [0.717, 1.165) is 9.87 Å². The molecule has 0 saturated carbocycles. The lowest BCUT2D eigenvalue weighted by Crippen LogP contribution is -2.51. The number of carbonyl (C=O) groups excluding carboxylic acids is 2. The van der Waals surface area contributed by atoms with Crippen LogP contribution in [0.25, 0.3) is 0 Å². The molecule has 40 heavy (non-hydrogen) atoms. The minimum absolute atomic E-state index is 0.0271. The quantitative estimate of drug-likeness (QED) is 0.294. The number of hydrogen-bond acceptors (Lipinski definition) is 5. The highest BCUT2D eigenvalue weighted by molar-refractivity contribution is 7.92. The number of nitrogens with zero attached hydrogens (tertiary/aromatic N) is 2. The van der Waals surface area contributed by atoms with Crippen molar-refractivity contribution in [3.8, 4) is 5.75 Å². The van der Waals surface area contributed by atoms with E-state index in [1.165, 1.54) is 36.3 Å². The van der Waals surface area contributed by atoms with Gasteiger partial charge in [0.25, 0.3) is 10.0 Å². The number of methoxy groups -OCH3 is 1. The van der Waals surface area contributed by atoms with E-state index in [4.69, 9.17) is 39.5 Å². The average molecular weight is 627 g/mol. The Bertz CT molecular complexity index is 1480. The Morgan fingerprint density at radius 2 is 1.65 bits per heavy atom. The molecule has 0 radical (unpaired) electrons. The van der Waals surface area contributed by atoms with Crippen molar-refractivity contribution in [3.05, 3.63) is 86.9 Å². The number of nitrogens with one attached hydrogen (secondary N) is 1. The van der Waals surface area contributed by atoms with Gasteiger partial charge in [0.15, 0.2) is 0 Å². The topological polar surface area (TPSA) is 96.0 Å². The number of benzene rings is 3. The summed E-state index contributed by atoms with van der Waals surface area (Å²) >= 11 is 18.5. The highest BCUT2D eigenvalue weighted by Crippen LogP contribution is 2.35. The molecule has 0 aliphatic rings. The van der Waals surface area contributed by atoms with Crippen LogP contribution in [0.1, 0.15) is 25.0 Å². The van der Waals surface area contributed by atoms with Crippen molar-refractivity contribution in [1.82, 2.24) is 10.2 Å². The van der Waals surface area contributed by atoms with Crippen molar-refractivity contribution >= 4 is 62.3 Å². The van der Waals surface area contributed by atoms with E-state index in [1.54, 1.807) is 50.2 Å². The molecule has 0 unspecified atom stereocenters. The summed E-state index contributed by atoms with van der Waals surface area (Å²) < 4.78 is 34.3. The van der Waals surface area contributed by atoms with Gasteiger partial charge in [0.1, 0.15) is 18.3 Å². The zero-order valence-electron chi connectivity index (χ0n) is 22.4. The number of carbonyl (C=O) groups is 2. The predicted octanol–water partition coefficient (Wildman–Crippen LogP) is 5.71. The second-order valence-corrected chi connectivity index (χ2v) is 12.1. The van der Waals surface area contributed by atoms with Gasteiger partial charge in [0.05, 0.1) is 27.7 Å². The number of likely N-dealkylation sites (N-methyl/N-ethyl adjacent to an activating group) is 1. The van der Waals surface area contributed by atoms with Crippen molar-refractivity contribution in [2.24, 2.45) is 0 Å². The first kappa shape index (κ1) is 31.5. The SMILES string of the molecule is CCNC(=O)[C@H](C)N(Cc1ccc(Cl)c(Cl)c1)C(=O)CN(c1cc(Cl)ccc1OC)S(=O)(=O)c1ccc(C)cc1. The standard InChI is InChI=1S/C28H30Cl3N3O5S/c1-5-32-28(36)19(3)33(16-20-8-12-23(30)24(31)14-20)27(35)17-34(25-15-21(29)9-13-26(25)39-4)40(37,38)22-10-6-18(2)7-11-22/h6-15,19H,5,16-17H2,1-4H3,(H,32,36)/t19-/m0/s1. The lowest BCUT2D eigenvalue weighted by Gasteiger charge is -2.32. The molecule has 214 valence electrons. The molecule has 0 saturated heterocycles. The number of hydrogen-bond donors (Lipinski definition) is 1. The van der Waals surface area contributed by atoms with Crippen molar-refractivity contribution < 1.29 is 22.7 Å². The third-order valence-electron chi connectivity index (χ3n) is 6.15. The van der Waals surface area contributed by atoms with Crippen LogP contribution in [0.5, 0.6) is 5.75 Å². The van der Waals surface area contributed by atoms with Crippen molar-refractivity contribution in [1.29, 1.82) is 0 Å². The molecule has 0 fully saturated rings. The first-order valence-electron chi connectivity index (χ1n) is 12.3. The van der Waals surface area contributed by atoms with Crippen LogP contribution in [-0.4, -0.2) is 51.4 Å². The zero-order valence-corrected chi connectivity index (χ0v) is 25.5. The summed E-state index contributed by atoms with van der Waals surface area (Å²) in [6, 6.07) is 14.7. The second kappa shape index (κ2) is 13.6. The van der Waals surface area contributed by atoms with Crippen LogP contribution in [0.4, 0.5) is 5.69 Å². The van der Waals surface area contributed by atoms with E-state index in [9.17, 15) is 18.0 Å². The number of sulfonamides is 1. The molecule has 12 heteroatoms. The van der Waals surface area contributed by atoms with Gasteiger partial charge in [-0.25, -0.2) is 8.42 Å². The van der Waals surface area contributed by atoms with Gasteiger partial charge < -0.3 is 15.0 Å². The summed E-state index contributed by atoms with van der Waals surface area (Å²) in [6.07, 6.45) is 0. The molecule has 8 nitrogen and oxygen atoms in total. The minimum atomic E-state index is -4.28. The summed E-state index contributed by atoms with van der Waals surface area (Å²) in [6.45, 7) is 4.85. The van der Waals surface area contributed by atoms with E-state index in [0.29, 0.717) is 17.1 Å². The van der Waals surface area contributed by atoms with Crippen molar-refractivity contribution in [3.63, 3.8) is 0 Å². The maximum absolute atomic E-state index is 14.0. The van der Waals surface area contributed by atoms with E-state index in [2.05, 4.69) is 5.32 Å². The van der Waals surface area contributed by atoms with Gasteiger partial charge >= 0.3 is 0 Å². The van der Waals surface area contributed by atoms with Crippen molar-refractivity contribution in [2.75, 3.05) is 24.5 Å². The first-order chi connectivity index (χ1) is 18.9. The fourth-order valence-electron chi connectivity index (χ4n) is 3.95. The Hall–Kier alpha value is -2.98. The maximum atomic E-state index is 14.0. The van der Waals surface area contributed by atoms with Crippen LogP contribution in [0.2, 0.25) is 15.1 Å². The van der Waals surface area contributed by atoms with Crippen LogP contribution >= 0.6 is 34.8 Å². The van der Waals surface area contributed by atoms with Crippen LogP contribution in [0.15, 0.2) is 65.6 Å². The summed E-state index contributed by atoms with van der Waals surface area (Å²) in [5.74, 6) is -0.840. The number of ether oxygens (including phenoxy) is 1. The lowest BCUT2D eigenvalue weighted by molar-refractivity contribution is -0.139. The Morgan fingerprint density at radius 3 is 2.25 bits per heavy atom. The van der Waals surface area contributed by atoms with Gasteiger partial charge in [0.2, 0.25) is 11.8 Å². The molecular formula is C28H30Cl3N3O5S. The smallest absolute Gasteiger partial charge is 0.264 e. The fourth-order valence-corrected chi connectivity index (χ4v) is 5.85. The Labute approximate surface area is 249 Å². The van der Waals surface area contributed by atoms with E-state index in [1.807, 2.05) is 6.92 Å². The highest BCUT2D eigenvalue weighted by atomic mass is 35.5. The van der Waals surface area contributed by atoms with E-state index in [-0.39, 0.29) is 32.9 Å². The molecule has 1 atom stereocenters. The molecule has 0 aliphatic heterocycles. The van der Waals surface area contributed by atoms with Gasteiger partial charge in [0, 0.05) is 18.1 Å². The molecule has 3 aromatic rings. The van der Waals surface area contributed by atoms with Gasteiger partial charge in [-0.15, -0.1) is 0 Å². The molecule has 0 heterocycles. The Balaban J connectivity index is 2.11.